The quantitative estimate of drug-likeness (QED) is 0.735. The minimum Gasteiger partial charge on any atom is -0.345 e. The summed E-state index contributed by atoms with van der Waals surface area (Å²) in [6.07, 6.45) is -4.48. The summed E-state index contributed by atoms with van der Waals surface area (Å²) in [5.74, 6) is -1.48. The highest BCUT2D eigenvalue weighted by molar-refractivity contribution is 14.1. The number of nitrogens with one attached hydrogen (secondary N) is 2. The number of rotatable bonds is 4. The molecule has 0 fully saturated rings. The van der Waals surface area contributed by atoms with Crippen LogP contribution in [0.1, 0.15) is 10.4 Å². The largest absolute Gasteiger partial charge is 0.405 e. The zero-order valence-corrected chi connectivity index (χ0v) is 12.8. The van der Waals surface area contributed by atoms with E-state index in [4.69, 9.17) is 11.6 Å². The number of benzene rings is 1. The van der Waals surface area contributed by atoms with Crippen LogP contribution in [0.4, 0.5) is 13.2 Å². The summed E-state index contributed by atoms with van der Waals surface area (Å²) in [4.78, 5) is 22.8. The van der Waals surface area contributed by atoms with Crippen molar-refractivity contribution >= 4 is 46.0 Å². The van der Waals surface area contributed by atoms with Gasteiger partial charge in [0.05, 0.1) is 12.1 Å². The van der Waals surface area contributed by atoms with Crippen molar-refractivity contribution in [3.05, 3.63) is 32.4 Å². The molecule has 20 heavy (non-hydrogen) atoms. The van der Waals surface area contributed by atoms with E-state index in [1.807, 2.05) is 22.6 Å². The molecule has 0 unspecified atom stereocenters. The molecule has 110 valence electrons. The van der Waals surface area contributed by atoms with Crippen LogP contribution in [0, 0.1) is 3.57 Å². The number of hydrogen-bond acceptors (Lipinski definition) is 2. The second-order valence-electron chi connectivity index (χ2n) is 3.70. The van der Waals surface area contributed by atoms with Gasteiger partial charge in [-0.1, -0.05) is 11.6 Å². The Morgan fingerprint density at radius 2 is 1.90 bits per heavy atom. The number of alkyl halides is 3. The van der Waals surface area contributed by atoms with Crippen LogP contribution in [0.15, 0.2) is 18.2 Å². The first-order valence-electron chi connectivity index (χ1n) is 5.26. The van der Waals surface area contributed by atoms with Crippen molar-refractivity contribution in [1.82, 2.24) is 10.6 Å². The van der Waals surface area contributed by atoms with Gasteiger partial charge in [0.1, 0.15) is 6.54 Å². The van der Waals surface area contributed by atoms with E-state index in [0.29, 0.717) is 14.2 Å². The fraction of sp³-hybridized carbons (Fsp3) is 0.273. The average Bonchev–Trinajstić information content (AvgIpc) is 2.32. The molecule has 0 saturated heterocycles. The predicted molar refractivity (Wildman–Crippen MR) is 75.6 cm³/mol. The molecule has 0 heterocycles. The zero-order valence-electron chi connectivity index (χ0n) is 9.85. The maximum atomic E-state index is 11.9. The van der Waals surface area contributed by atoms with Crippen LogP contribution in [0.5, 0.6) is 0 Å². The number of hydrogen-bond donors (Lipinski definition) is 2. The lowest BCUT2D eigenvalue weighted by Gasteiger charge is -2.09. The summed E-state index contributed by atoms with van der Waals surface area (Å²) in [5.41, 5.74) is 0.290. The summed E-state index contributed by atoms with van der Waals surface area (Å²) in [5, 5.41) is 4.33. The van der Waals surface area contributed by atoms with Gasteiger partial charge < -0.3 is 10.6 Å². The first kappa shape index (κ1) is 17.0. The normalized spacial score (nSPS) is 11.1. The zero-order chi connectivity index (χ0) is 15.3. The van der Waals surface area contributed by atoms with Crippen LogP contribution in [0.2, 0.25) is 5.02 Å². The molecule has 1 rings (SSSR count). The molecule has 0 aliphatic heterocycles. The van der Waals surface area contributed by atoms with E-state index in [0.717, 1.165) is 0 Å². The molecule has 0 spiro atoms. The van der Waals surface area contributed by atoms with Crippen molar-refractivity contribution in [3.63, 3.8) is 0 Å². The van der Waals surface area contributed by atoms with Crippen molar-refractivity contribution in [1.29, 1.82) is 0 Å². The second kappa shape index (κ2) is 7.11. The van der Waals surface area contributed by atoms with E-state index < -0.39 is 31.1 Å². The van der Waals surface area contributed by atoms with Crippen LogP contribution in [-0.4, -0.2) is 31.1 Å². The standard InChI is InChI=1S/C11H9ClF3IN2O2/c12-6-1-2-7(8(16)3-6)10(20)17-4-9(19)18-5-11(13,14)15/h1-3H,4-5H2,(H,17,20)(H,18,19). The van der Waals surface area contributed by atoms with Crippen LogP contribution >= 0.6 is 34.2 Å². The molecule has 4 nitrogen and oxygen atoms in total. The molecular formula is C11H9ClF3IN2O2. The molecule has 0 aliphatic rings. The Bertz CT molecular complexity index is 523. The molecular weight excluding hydrogens is 411 g/mol. The minimum atomic E-state index is -4.48. The Kier molecular flexibility index (Phi) is 6.06. The Labute approximate surface area is 131 Å². The van der Waals surface area contributed by atoms with Gasteiger partial charge in [-0.3, -0.25) is 9.59 Å². The molecule has 0 aromatic heterocycles. The van der Waals surface area contributed by atoms with Gasteiger partial charge in [-0.25, -0.2) is 0 Å². The maximum Gasteiger partial charge on any atom is 0.405 e. The molecule has 0 saturated carbocycles. The van der Waals surface area contributed by atoms with Gasteiger partial charge in [0.25, 0.3) is 5.91 Å². The average molecular weight is 421 g/mol. The van der Waals surface area contributed by atoms with Crippen molar-refractivity contribution in [2.75, 3.05) is 13.1 Å². The molecule has 0 aliphatic carbocycles. The monoisotopic (exact) mass is 420 g/mol. The van der Waals surface area contributed by atoms with Gasteiger partial charge >= 0.3 is 6.18 Å². The molecule has 2 amide bonds. The second-order valence-corrected chi connectivity index (χ2v) is 5.30. The molecule has 0 atom stereocenters. The van der Waals surface area contributed by atoms with Crippen LogP contribution < -0.4 is 10.6 Å². The first-order chi connectivity index (χ1) is 9.19. The lowest BCUT2D eigenvalue weighted by atomic mass is 10.2. The van der Waals surface area contributed by atoms with Crippen LogP contribution in [-0.2, 0) is 4.79 Å². The highest BCUT2D eigenvalue weighted by Gasteiger charge is 2.27. The topological polar surface area (TPSA) is 58.2 Å². The van der Waals surface area contributed by atoms with E-state index in [2.05, 4.69) is 5.32 Å². The summed E-state index contributed by atoms with van der Waals surface area (Å²) in [7, 11) is 0. The summed E-state index contributed by atoms with van der Waals surface area (Å²) in [6, 6.07) is 4.52. The maximum absolute atomic E-state index is 11.9. The Hall–Kier alpha value is -1.03. The van der Waals surface area contributed by atoms with E-state index >= 15 is 0 Å². The molecule has 1 aromatic carbocycles. The number of amides is 2. The Morgan fingerprint density at radius 1 is 1.25 bits per heavy atom. The number of carbonyl (C=O) groups is 2. The van der Waals surface area contributed by atoms with E-state index in [-0.39, 0.29) is 0 Å². The van der Waals surface area contributed by atoms with Gasteiger partial charge in [0, 0.05) is 8.59 Å². The minimum absolute atomic E-state index is 0.290. The highest BCUT2D eigenvalue weighted by atomic mass is 127. The van der Waals surface area contributed by atoms with Crippen molar-refractivity contribution in [3.8, 4) is 0 Å². The van der Waals surface area contributed by atoms with Crippen molar-refractivity contribution in [2.24, 2.45) is 0 Å². The third-order valence-corrected chi connectivity index (χ3v) is 3.20. The molecule has 0 bridgehead atoms. The summed E-state index contributed by atoms with van der Waals surface area (Å²) >= 11 is 7.62. The molecule has 9 heteroatoms. The Balaban J connectivity index is 2.49. The Morgan fingerprint density at radius 3 is 2.45 bits per heavy atom. The van der Waals surface area contributed by atoms with Gasteiger partial charge in [-0.05, 0) is 40.8 Å². The lowest BCUT2D eigenvalue weighted by Crippen LogP contribution is -2.41. The fourth-order valence-electron chi connectivity index (χ4n) is 1.19. The predicted octanol–water partition coefficient (Wildman–Crippen LogP) is 2.35. The SMILES string of the molecule is O=C(CNC(=O)c1ccc(Cl)cc1I)NCC(F)(F)F. The van der Waals surface area contributed by atoms with E-state index in [1.165, 1.54) is 12.1 Å². The number of halogens is 5. The van der Waals surface area contributed by atoms with Gasteiger partial charge in [0.15, 0.2) is 0 Å². The van der Waals surface area contributed by atoms with E-state index in [1.54, 1.807) is 11.4 Å². The van der Waals surface area contributed by atoms with Gasteiger partial charge in [-0.15, -0.1) is 0 Å². The lowest BCUT2D eigenvalue weighted by molar-refractivity contribution is -0.137. The third-order valence-electron chi connectivity index (χ3n) is 2.07. The van der Waals surface area contributed by atoms with Crippen molar-refractivity contribution in [2.45, 2.75) is 6.18 Å². The van der Waals surface area contributed by atoms with Crippen LogP contribution in [0.25, 0.3) is 0 Å². The molecule has 2 N–H and O–H groups in total. The fourth-order valence-corrected chi connectivity index (χ4v) is 2.31. The number of carbonyl (C=O) groups excluding carboxylic acids is 2. The summed E-state index contributed by atoms with van der Waals surface area (Å²) in [6.45, 7) is -1.96. The summed E-state index contributed by atoms with van der Waals surface area (Å²) < 4.78 is 36.1. The smallest absolute Gasteiger partial charge is 0.345 e. The first-order valence-corrected chi connectivity index (χ1v) is 6.71. The molecule has 0 radical (unpaired) electrons. The van der Waals surface area contributed by atoms with Crippen molar-refractivity contribution < 1.29 is 22.8 Å². The highest BCUT2D eigenvalue weighted by Crippen LogP contribution is 2.17. The van der Waals surface area contributed by atoms with E-state index in [9.17, 15) is 22.8 Å². The molecule has 1 aromatic rings. The third kappa shape index (κ3) is 5.95. The van der Waals surface area contributed by atoms with Gasteiger partial charge in [0.2, 0.25) is 5.91 Å². The van der Waals surface area contributed by atoms with Crippen LogP contribution in [0.3, 0.4) is 0 Å². The van der Waals surface area contributed by atoms with Gasteiger partial charge in [-0.2, -0.15) is 13.2 Å².